The molecule has 0 radical (unpaired) electrons. The van der Waals surface area contributed by atoms with Crippen LogP contribution in [0.1, 0.15) is 16.0 Å². The fraction of sp³-hybridized carbons (Fsp3) is 0.250. The molecule has 1 aromatic carbocycles. The standard InChI is InChI=1S/C12H14N2S2/c1-8-3-4-11(9(2)5-8)15-7-10-6-14-12(13)16-10/h3-6H,7H2,1-2H3,(H2,13,14). The summed E-state index contributed by atoms with van der Waals surface area (Å²) >= 11 is 3.40. The van der Waals surface area contributed by atoms with E-state index in [4.69, 9.17) is 5.73 Å². The predicted octanol–water partition coefficient (Wildman–Crippen LogP) is 3.63. The Labute approximate surface area is 104 Å². The molecule has 4 heteroatoms. The number of anilines is 1. The monoisotopic (exact) mass is 250 g/mol. The zero-order valence-corrected chi connectivity index (χ0v) is 11.0. The maximum absolute atomic E-state index is 5.60. The van der Waals surface area contributed by atoms with Gasteiger partial charge in [-0.25, -0.2) is 4.98 Å². The van der Waals surface area contributed by atoms with Crippen LogP contribution in [-0.2, 0) is 5.75 Å². The van der Waals surface area contributed by atoms with Crippen molar-refractivity contribution < 1.29 is 0 Å². The molecule has 0 fully saturated rings. The first-order valence-electron chi connectivity index (χ1n) is 5.05. The number of thioether (sulfide) groups is 1. The molecule has 0 saturated carbocycles. The summed E-state index contributed by atoms with van der Waals surface area (Å²) in [7, 11) is 0. The molecule has 0 aliphatic carbocycles. The van der Waals surface area contributed by atoms with Crippen LogP contribution in [0.2, 0.25) is 0 Å². The Kier molecular flexibility index (Phi) is 3.51. The topological polar surface area (TPSA) is 38.9 Å². The maximum Gasteiger partial charge on any atom is 0.180 e. The average Bonchev–Trinajstić information content (AvgIpc) is 2.63. The van der Waals surface area contributed by atoms with Crippen molar-refractivity contribution in [2.24, 2.45) is 0 Å². The van der Waals surface area contributed by atoms with Gasteiger partial charge in [0.05, 0.1) is 0 Å². The van der Waals surface area contributed by atoms with E-state index in [-0.39, 0.29) is 0 Å². The Balaban J connectivity index is 2.04. The van der Waals surface area contributed by atoms with E-state index >= 15 is 0 Å². The largest absolute Gasteiger partial charge is 0.375 e. The van der Waals surface area contributed by atoms with E-state index in [9.17, 15) is 0 Å². The van der Waals surface area contributed by atoms with E-state index in [1.807, 2.05) is 18.0 Å². The fourth-order valence-corrected chi connectivity index (χ4v) is 3.21. The number of nitrogen functional groups attached to an aromatic ring is 1. The van der Waals surface area contributed by atoms with Crippen molar-refractivity contribution in [3.63, 3.8) is 0 Å². The summed E-state index contributed by atoms with van der Waals surface area (Å²) in [5.74, 6) is 0.943. The van der Waals surface area contributed by atoms with Gasteiger partial charge >= 0.3 is 0 Å². The molecule has 0 atom stereocenters. The van der Waals surface area contributed by atoms with E-state index in [0.717, 1.165) is 5.75 Å². The number of aromatic nitrogens is 1. The van der Waals surface area contributed by atoms with Gasteiger partial charge in [-0.15, -0.1) is 23.1 Å². The number of aryl methyl sites for hydroxylation is 2. The summed E-state index contributed by atoms with van der Waals surface area (Å²) in [5, 5.41) is 0.649. The lowest BCUT2D eigenvalue weighted by Crippen LogP contribution is -1.82. The van der Waals surface area contributed by atoms with Gasteiger partial charge in [0.25, 0.3) is 0 Å². The summed E-state index contributed by atoms with van der Waals surface area (Å²) in [4.78, 5) is 6.60. The van der Waals surface area contributed by atoms with Crippen molar-refractivity contribution in [1.29, 1.82) is 0 Å². The van der Waals surface area contributed by atoms with Crippen LogP contribution in [-0.4, -0.2) is 4.98 Å². The molecule has 2 N–H and O–H groups in total. The van der Waals surface area contributed by atoms with Gasteiger partial charge in [-0.05, 0) is 25.5 Å². The quantitative estimate of drug-likeness (QED) is 0.845. The molecule has 0 aliphatic heterocycles. The third-order valence-electron chi connectivity index (χ3n) is 2.27. The van der Waals surface area contributed by atoms with E-state index in [1.54, 1.807) is 11.3 Å². The van der Waals surface area contributed by atoms with Crippen LogP contribution in [0.15, 0.2) is 29.3 Å². The highest BCUT2D eigenvalue weighted by molar-refractivity contribution is 7.98. The number of nitrogens with zero attached hydrogens (tertiary/aromatic N) is 1. The SMILES string of the molecule is Cc1ccc(SCc2cnc(N)s2)c(C)c1. The zero-order chi connectivity index (χ0) is 11.5. The Morgan fingerprint density at radius 2 is 2.19 bits per heavy atom. The molecule has 16 heavy (non-hydrogen) atoms. The van der Waals surface area contributed by atoms with Crippen molar-refractivity contribution in [2.75, 3.05) is 5.73 Å². The third-order valence-corrected chi connectivity index (χ3v) is 4.51. The molecule has 2 aromatic rings. The molecule has 0 unspecified atom stereocenters. The Hall–Kier alpha value is -1.00. The second kappa shape index (κ2) is 4.89. The van der Waals surface area contributed by atoms with Crippen molar-refractivity contribution in [2.45, 2.75) is 24.5 Å². The van der Waals surface area contributed by atoms with Gasteiger partial charge < -0.3 is 5.73 Å². The normalized spacial score (nSPS) is 10.6. The highest BCUT2D eigenvalue weighted by Gasteiger charge is 2.02. The zero-order valence-electron chi connectivity index (χ0n) is 9.36. The molecule has 1 heterocycles. The summed E-state index contributed by atoms with van der Waals surface area (Å²) in [6.07, 6.45) is 1.86. The minimum atomic E-state index is 0.649. The second-order valence-corrected chi connectivity index (χ2v) is 5.89. The Morgan fingerprint density at radius 3 is 2.81 bits per heavy atom. The Morgan fingerprint density at radius 1 is 1.38 bits per heavy atom. The van der Waals surface area contributed by atoms with Gasteiger partial charge in [0.1, 0.15) is 0 Å². The van der Waals surface area contributed by atoms with Crippen LogP contribution in [0.5, 0.6) is 0 Å². The van der Waals surface area contributed by atoms with Crippen LogP contribution < -0.4 is 5.73 Å². The lowest BCUT2D eigenvalue weighted by atomic mass is 10.2. The van der Waals surface area contributed by atoms with Gasteiger partial charge in [-0.2, -0.15) is 0 Å². The minimum absolute atomic E-state index is 0.649. The molecule has 1 aromatic heterocycles. The maximum atomic E-state index is 5.60. The molecule has 0 amide bonds. The van der Waals surface area contributed by atoms with Crippen molar-refractivity contribution in [3.05, 3.63) is 40.4 Å². The first-order valence-corrected chi connectivity index (χ1v) is 6.85. The van der Waals surface area contributed by atoms with Gasteiger partial charge in [-0.3, -0.25) is 0 Å². The van der Waals surface area contributed by atoms with Gasteiger partial charge in [0.15, 0.2) is 5.13 Å². The van der Waals surface area contributed by atoms with E-state index in [1.165, 1.54) is 20.9 Å². The number of benzene rings is 1. The van der Waals surface area contributed by atoms with Gasteiger partial charge in [0.2, 0.25) is 0 Å². The second-order valence-electron chi connectivity index (χ2n) is 3.72. The summed E-state index contributed by atoms with van der Waals surface area (Å²) in [6, 6.07) is 6.54. The highest BCUT2D eigenvalue weighted by atomic mass is 32.2. The summed E-state index contributed by atoms with van der Waals surface area (Å²) < 4.78 is 0. The third kappa shape index (κ3) is 2.77. The number of thiazole rings is 1. The van der Waals surface area contributed by atoms with Gasteiger partial charge in [0, 0.05) is 21.7 Å². The number of rotatable bonds is 3. The fourth-order valence-electron chi connectivity index (χ4n) is 1.50. The van der Waals surface area contributed by atoms with E-state index < -0.39 is 0 Å². The van der Waals surface area contributed by atoms with Crippen LogP contribution in [0.4, 0.5) is 5.13 Å². The van der Waals surface area contributed by atoms with E-state index in [2.05, 4.69) is 37.0 Å². The van der Waals surface area contributed by atoms with Crippen LogP contribution in [0, 0.1) is 13.8 Å². The molecule has 0 aliphatic rings. The summed E-state index contributed by atoms with van der Waals surface area (Å²) in [5.41, 5.74) is 8.24. The number of hydrogen-bond donors (Lipinski definition) is 1. The molecule has 0 saturated heterocycles. The first kappa shape index (κ1) is 11.5. The molecule has 2 nitrogen and oxygen atoms in total. The van der Waals surface area contributed by atoms with Gasteiger partial charge in [-0.1, -0.05) is 17.7 Å². The summed E-state index contributed by atoms with van der Waals surface area (Å²) in [6.45, 7) is 4.27. The molecule has 0 bridgehead atoms. The van der Waals surface area contributed by atoms with Crippen molar-refractivity contribution in [3.8, 4) is 0 Å². The molecular weight excluding hydrogens is 236 g/mol. The molecule has 0 spiro atoms. The highest BCUT2D eigenvalue weighted by Crippen LogP contribution is 2.28. The number of hydrogen-bond acceptors (Lipinski definition) is 4. The predicted molar refractivity (Wildman–Crippen MR) is 72.0 cm³/mol. The number of nitrogens with two attached hydrogens (primary N) is 1. The minimum Gasteiger partial charge on any atom is -0.375 e. The molecule has 84 valence electrons. The lowest BCUT2D eigenvalue weighted by molar-refractivity contribution is 1.26. The average molecular weight is 250 g/mol. The smallest absolute Gasteiger partial charge is 0.180 e. The molecular formula is C12H14N2S2. The van der Waals surface area contributed by atoms with Crippen molar-refractivity contribution >= 4 is 28.2 Å². The lowest BCUT2D eigenvalue weighted by Gasteiger charge is -2.05. The van der Waals surface area contributed by atoms with Crippen LogP contribution >= 0.6 is 23.1 Å². The Bertz CT molecular complexity index is 492. The van der Waals surface area contributed by atoms with Crippen molar-refractivity contribution in [1.82, 2.24) is 4.98 Å². The van der Waals surface area contributed by atoms with Crippen LogP contribution in [0.25, 0.3) is 0 Å². The van der Waals surface area contributed by atoms with Crippen LogP contribution in [0.3, 0.4) is 0 Å². The van der Waals surface area contributed by atoms with E-state index in [0.29, 0.717) is 5.13 Å². The first-order chi connectivity index (χ1) is 7.65. The molecule has 2 rings (SSSR count).